The third-order valence-electron chi connectivity index (χ3n) is 3.53. The highest BCUT2D eigenvalue weighted by Gasteiger charge is 2.20. The second-order valence-electron chi connectivity index (χ2n) is 5.26. The van der Waals surface area contributed by atoms with E-state index < -0.39 is 0 Å². The Hall–Kier alpha value is -0.780. The Kier molecular flexibility index (Phi) is 8.16. The molecule has 0 unspecified atom stereocenters. The summed E-state index contributed by atoms with van der Waals surface area (Å²) < 4.78 is 1.75. The Bertz CT molecular complexity index is 428. The summed E-state index contributed by atoms with van der Waals surface area (Å²) in [5, 5.41) is 7.36. The summed E-state index contributed by atoms with van der Waals surface area (Å²) in [5.41, 5.74) is 7.82. The van der Waals surface area contributed by atoms with Gasteiger partial charge in [-0.05, 0) is 45.6 Å². The maximum absolute atomic E-state index is 11.9. The Morgan fingerprint density at radius 1 is 1.35 bits per heavy atom. The van der Waals surface area contributed by atoms with Crippen molar-refractivity contribution in [3.8, 4) is 0 Å². The van der Waals surface area contributed by atoms with E-state index in [0.29, 0.717) is 12.6 Å². The standard InChI is InChI=1S/C13H22N4O.2ClH/c1-9-7-10(2)17(16-9)8-13(18)15-12-5-3-11(14)4-6-12;;/h7,11-12H,3-6,8,14H2,1-2H3,(H,15,18);2*1H. The highest BCUT2D eigenvalue weighted by atomic mass is 35.5. The van der Waals surface area contributed by atoms with Gasteiger partial charge in [-0.2, -0.15) is 5.10 Å². The van der Waals surface area contributed by atoms with Crippen LogP contribution in [0.15, 0.2) is 6.07 Å². The molecule has 20 heavy (non-hydrogen) atoms. The molecule has 116 valence electrons. The molecule has 1 aromatic rings. The van der Waals surface area contributed by atoms with Crippen molar-refractivity contribution in [1.82, 2.24) is 15.1 Å². The highest BCUT2D eigenvalue weighted by molar-refractivity contribution is 5.85. The lowest BCUT2D eigenvalue weighted by Crippen LogP contribution is -2.41. The van der Waals surface area contributed by atoms with Gasteiger partial charge in [0.1, 0.15) is 6.54 Å². The molecule has 1 fully saturated rings. The zero-order valence-corrected chi connectivity index (χ0v) is 13.6. The van der Waals surface area contributed by atoms with Crippen molar-refractivity contribution in [3.05, 3.63) is 17.5 Å². The first-order chi connectivity index (χ1) is 8.54. The van der Waals surface area contributed by atoms with Gasteiger partial charge < -0.3 is 11.1 Å². The second-order valence-corrected chi connectivity index (χ2v) is 5.26. The Labute approximate surface area is 132 Å². The smallest absolute Gasteiger partial charge is 0.241 e. The third kappa shape index (κ3) is 5.31. The molecular formula is C13H24Cl2N4O. The SMILES string of the molecule is Cc1cc(C)n(CC(=O)NC2CCC(N)CC2)n1.Cl.Cl. The van der Waals surface area contributed by atoms with Crippen LogP contribution in [0, 0.1) is 13.8 Å². The largest absolute Gasteiger partial charge is 0.352 e. The molecule has 2 rings (SSSR count). The number of hydrogen-bond acceptors (Lipinski definition) is 3. The molecule has 0 atom stereocenters. The number of aromatic nitrogens is 2. The predicted molar refractivity (Wildman–Crippen MR) is 84.6 cm³/mol. The molecule has 0 spiro atoms. The van der Waals surface area contributed by atoms with Gasteiger partial charge in [-0.25, -0.2) is 0 Å². The van der Waals surface area contributed by atoms with Gasteiger partial charge in [0.15, 0.2) is 0 Å². The van der Waals surface area contributed by atoms with Crippen LogP contribution >= 0.6 is 24.8 Å². The van der Waals surface area contributed by atoms with Crippen LogP contribution in [-0.4, -0.2) is 27.8 Å². The maximum Gasteiger partial charge on any atom is 0.241 e. The predicted octanol–water partition coefficient (Wildman–Crippen LogP) is 1.73. The normalized spacial score (nSPS) is 21.6. The van der Waals surface area contributed by atoms with Crippen molar-refractivity contribution in [3.63, 3.8) is 0 Å². The molecule has 0 radical (unpaired) electrons. The van der Waals surface area contributed by atoms with E-state index in [1.165, 1.54) is 0 Å². The van der Waals surface area contributed by atoms with Crippen LogP contribution in [0.3, 0.4) is 0 Å². The number of nitrogens with one attached hydrogen (secondary N) is 1. The molecule has 0 bridgehead atoms. The lowest BCUT2D eigenvalue weighted by Gasteiger charge is -2.26. The molecule has 1 heterocycles. The van der Waals surface area contributed by atoms with Crippen LogP contribution in [0.5, 0.6) is 0 Å². The van der Waals surface area contributed by atoms with Gasteiger partial charge in [-0.15, -0.1) is 24.8 Å². The fraction of sp³-hybridized carbons (Fsp3) is 0.692. The van der Waals surface area contributed by atoms with E-state index >= 15 is 0 Å². The van der Waals surface area contributed by atoms with Crippen molar-refractivity contribution in [1.29, 1.82) is 0 Å². The summed E-state index contributed by atoms with van der Waals surface area (Å²) >= 11 is 0. The van der Waals surface area contributed by atoms with E-state index in [2.05, 4.69) is 10.4 Å². The van der Waals surface area contributed by atoms with Gasteiger partial charge >= 0.3 is 0 Å². The van der Waals surface area contributed by atoms with E-state index in [1.54, 1.807) is 4.68 Å². The van der Waals surface area contributed by atoms with Gasteiger partial charge in [0.2, 0.25) is 5.91 Å². The second kappa shape index (κ2) is 8.49. The molecule has 5 nitrogen and oxygen atoms in total. The number of carbonyl (C=O) groups excluding carboxylic acids is 1. The first-order valence-electron chi connectivity index (χ1n) is 6.60. The van der Waals surface area contributed by atoms with Gasteiger partial charge in [0.25, 0.3) is 0 Å². The van der Waals surface area contributed by atoms with Gasteiger partial charge in [0.05, 0.1) is 5.69 Å². The summed E-state index contributed by atoms with van der Waals surface area (Å²) in [4.78, 5) is 11.9. The van der Waals surface area contributed by atoms with E-state index in [-0.39, 0.29) is 36.8 Å². The fourth-order valence-corrected chi connectivity index (χ4v) is 2.51. The number of amides is 1. The van der Waals surface area contributed by atoms with Crippen molar-refractivity contribution in [2.45, 2.75) is 58.2 Å². The summed E-state index contributed by atoms with van der Waals surface area (Å²) in [6.45, 7) is 4.21. The number of halogens is 2. The van der Waals surface area contributed by atoms with E-state index in [1.807, 2.05) is 19.9 Å². The van der Waals surface area contributed by atoms with E-state index in [0.717, 1.165) is 37.1 Å². The summed E-state index contributed by atoms with van der Waals surface area (Å²) in [6, 6.07) is 2.58. The van der Waals surface area contributed by atoms with Crippen LogP contribution in [-0.2, 0) is 11.3 Å². The average Bonchev–Trinajstić information content (AvgIpc) is 2.61. The summed E-state index contributed by atoms with van der Waals surface area (Å²) in [5.74, 6) is 0.0432. The van der Waals surface area contributed by atoms with Gasteiger partial charge in [-0.3, -0.25) is 9.48 Å². The minimum absolute atomic E-state index is 0. The maximum atomic E-state index is 11.9. The Balaban J connectivity index is 0.00000180. The van der Waals surface area contributed by atoms with Crippen molar-refractivity contribution in [2.75, 3.05) is 0 Å². The molecule has 1 aliphatic carbocycles. The van der Waals surface area contributed by atoms with Crippen molar-refractivity contribution in [2.24, 2.45) is 5.73 Å². The molecular weight excluding hydrogens is 299 g/mol. The van der Waals surface area contributed by atoms with Gasteiger partial charge in [-0.1, -0.05) is 0 Å². The van der Waals surface area contributed by atoms with Crippen molar-refractivity contribution >= 4 is 30.7 Å². The minimum Gasteiger partial charge on any atom is -0.352 e. The Morgan fingerprint density at radius 2 is 1.95 bits per heavy atom. The van der Waals surface area contributed by atoms with Gasteiger partial charge in [0, 0.05) is 17.8 Å². The van der Waals surface area contributed by atoms with Crippen LogP contribution in [0.2, 0.25) is 0 Å². The van der Waals surface area contributed by atoms with Crippen LogP contribution in [0.25, 0.3) is 0 Å². The molecule has 1 amide bonds. The van der Waals surface area contributed by atoms with Crippen LogP contribution in [0.1, 0.15) is 37.1 Å². The number of aryl methyl sites for hydroxylation is 2. The lowest BCUT2D eigenvalue weighted by molar-refractivity contribution is -0.122. The summed E-state index contributed by atoms with van der Waals surface area (Å²) in [7, 11) is 0. The fourth-order valence-electron chi connectivity index (χ4n) is 2.51. The quantitative estimate of drug-likeness (QED) is 0.890. The number of nitrogens with two attached hydrogens (primary N) is 1. The molecule has 0 saturated heterocycles. The number of carbonyl (C=O) groups is 1. The van der Waals surface area contributed by atoms with Crippen LogP contribution in [0.4, 0.5) is 0 Å². The first kappa shape index (κ1) is 19.2. The van der Waals surface area contributed by atoms with Crippen LogP contribution < -0.4 is 11.1 Å². The number of nitrogens with zero attached hydrogens (tertiary/aromatic N) is 2. The number of rotatable bonds is 3. The molecule has 1 saturated carbocycles. The number of hydrogen-bond donors (Lipinski definition) is 2. The molecule has 1 aromatic heterocycles. The minimum atomic E-state index is 0. The molecule has 7 heteroatoms. The third-order valence-corrected chi connectivity index (χ3v) is 3.53. The molecule has 0 aliphatic heterocycles. The topological polar surface area (TPSA) is 72.9 Å². The highest BCUT2D eigenvalue weighted by Crippen LogP contribution is 2.16. The molecule has 3 N–H and O–H groups in total. The van der Waals surface area contributed by atoms with E-state index in [9.17, 15) is 4.79 Å². The van der Waals surface area contributed by atoms with Crippen molar-refractivity contribution < 1.29 is 4.79 Å². The zero-order chi connectivity index (χ0) is 13.1. The zero-order valence-electron chi connectivity index (χ0n) is 12.0. The first-order valence-corrected chi connectivity index (χ1v) is 6.60. The Morgan fingerprint density at radius 3 is 2.45 bits per heavy atom. The lowest BCUT2D eigenvalue weighted by atomic mass is 9.92. The average molecular weight is 323 g/mol. The molecule has 0 aromatic carbocycles. The van der Waals surface area contributed by atoms with E-state index in [4.69, 9.17) is 5.73 Å². The monoisotopic (exact) mass is 322 g/mol. The summed E-state index contributed by atoms with van der Waals surface area (Å²) in [6.07, 6.45) is 3.99. The molecule has 1 aliphatic rings.